The van der Waals surface area contributed by atoms with Gasteiger partial charge >= 0.3 is 0 Å². The Morgan fingerprint density at radius 2 is 1.07 bits per heavy atom. The van der Waals surface area contributed by atoms with Crippen molar-refractivity contribution in [2.24, 2.45) is 0 Å². The fourth-order valence-electron chi connectivity index (χ4n) is 4.01. The third kappa shape index (κ3) is 16.4. The van der Waals surface area contributed by atoms with Gasteiger partial charge in [0.25, 0.3) is 0 Å². The average molecular weight is 397 g/mol. The molecule has 0 saturated heterocycles. The Balaban J connectivity index is 3.60. The summed E-state index contributed by atoms with van der Waals surface area (Å²) in [6, 6.07) is 0. The molecule has 168 valence electrons. The van der Waals surface area contributed by atoms with Crippen molar-refractivity contribution >= 4 is 5.91 Å². The zero-order valence-corrected chi connectivity index (χ0v) is 19.9. The molecule has 1 atom stereocenters. The van der Waals surface area contributed by atoms with Crippen LogP contribution in [0.1, 0.15) is 137 Å². The first-order valence-corrected chi connectivity index (χ1v) is 12.7. The number of rotatable bonds is 21. The molecule has 1 N–H and O–H groups in total. The Bertz CT molecular complexity index is 327. The normalized spacial score (nSPS) is 12.5. The Hall–Kier alpha value is -0.570. The van der Waals surface area contributed by atoms with Crippen molar-refractivity contribution in [1.82, 2.24) is 10.2 Å². The lowest BCUT2D eigenvalue weighted by molar-refractivity contribution is -0.123. The van der Waals surface area contributed by atoms with Gasteiger partial charge in [0, 0.05) is 6.42 Å². The van der Waals surface area contributed by atoms with E-state index in [1.807, 2.05) is 0 Å². The summed E-state index contributed by atoms with van der Waals surface area (Å²) < 4.78 is 0. The molecule has 0 aliphatic rings. The number of carbonyl (C=O) groups excluding carboxylic acids is 1. The molecule has 0 aromatic heterocycles. The predicted molar refractivity (Wildman–Crippen MR) is 125 cm³/mol. The van der Waals surface area contributed by atoms with Crippen LogP contribution in [0.5, 0.6) is 0 Å². The van der Waals surface area contributed by atoms with Crippen LogP contribution in [-0.4, -0.2) is 30.1 Å². The smallest absolute Gasteiger partial charge is 0.221 e. The van der Waals surface area contributed by atoms with Crippen LogP contribution in [-0.2, 0) is 4.79 Å². The van der Waals surface area contributed by atoms with Crippen molar-refractivity contribution in [1.29, 1.82) is 0 Å². The highest BCUT2D eigenvalue weighted by Crippen LogP contribution is 2.13. The molecule has 0 saturated carbocycles. The van der Waals surface area contributed by atoms with E-state index < -0.39 is 0 Å². The van der Waals surface area contributed by atoms with Gasteiger partial charge in [-0.15, -0.1) is 0 Å². The molecule has 0 aromatic rings. The highest BCUT2D eigenvalue weighted by atomic mass is 16.1. The van der Waals surface area contributed by atoms with Gasteiger partial charge in [0.1, 0.15) is 0 Å². The molecule has 0 radical (unpaired) electrons. The maximum absolute atomic E-state index is 12.3. The van der Waals surface area contributed by atoms with Gasteiger partial charge in [-0.05, 0) is 38.8 Å². The molecule has 1 unspecified atom stereocenters. The lowest BCUT2D eigenvalue weighted by atomic mass is 10.0. The second-order valence-electron chi connectivity index (χ2n) is 8.52. The number of amides is 1. The largest absolute Gasteiger partial charge is 0.341 e. The molecular weight excluding hydrogens is 344 g/mol. The van der Waals surface area contributed by atoms with Gasteiger partial charge < -0.3 is 5.32 Å². The first kappa shape index (κ1) is 27.4. The molecule has 0 fully saturated rings. The standard InChI is InChI=1S/C25H52N2O/c1-5-9-10-11-12-13-14-15-16-17-18-19-20-21-25(28)26-24(8-4)27(22-6-2)23-7-3/h24H,5-23H2,1-4H3,(H,26,28). The Morgan fingerprint density at radius 1 is 0.643 bits per heavy atom. The molecule has 0 bridgehead atoms. The summed E-state index contributed by atoms with van der Waals surface area (Å²) in [5, 5.41) is 3.27. The zero-order chi connectivity index (χ0) is 20.9. The van der Waals surface area contributed by atoms with Crippen molar-refractivity contribution in [3.63, 3.8) is 0 Å². The monoisotopic (exact) mass is 396 g/mol. The fraction of sp³-hybridized carbons (Fsp3) is 0.960. The van der Waals surface area contributed by atoms with Crippen LogP contribution in [0.3, 0.4) is 0 Å². The number of nitrogens with zero attached hydrogens (tertiary/aromatic N) is 1. The number of nitrogens with one attached hydrogen (secondary N) is 1. The van der Waals surface area contributed by atoms with E-state index in [1.165, 1.54) is 77.0 Å². The van der Waals surface area contributed by atoms with E-state index in [9.17, 15) is 4.79 Å². The molecule has 3 heteroatoms. The van der Waals surface area contributed by atoms with Crippen LogP contribution in [0.2, 0.25) is 0 Å². The van der Waals surface area contributed by atoms with Crippen molar-refractivity contribution in [3.05, 3.63) is 0 Å². The summed E-state index contributed by atoms with van der Waals surface area (Å²) in [4.78, 5) is 14.7. The van der Waals surface area contributed by atoms with E-state index in [4.69, 9.17) is 0 Å². The van der Waals surface area contributed by atoms with E-state index in [0.717, 1.165) is 38.8 Å². The third-order valence-corrected chi connectivity index (χ3v) is 5.68. The third-order valence-electron chi connectivity index (χ3n) is 5.68. The van der Waals surface area contributed by atoms with Crippen LogP contribution in [0.15, 0.2) is 0 Å². The number of unbranched alkanes of at least 4 members (excludes halogenated alkanes) is 12. The van der Waals surface area contributed by atoms with E-state index in [1.54, 1.807) is 0 Å². The van der Waals surface area contributed by atoms with E-state index >= 15 is 0 Å². The first-order valence-electron chi connectivity index (χ1n) is 12.7. The molecule has 0 aliphatic carbocycles. The van der Waals surface area contributed by atoms with Crippen LogP contribution in [0.25, 0.3) is 0 Å². The molecule has 1 amide bonds. The summed E-state index contributed by atoms with van der Waals surface area (Å²) in [6.07, 6.45) is 21.7. The van der Waals surface area contributed by atoms with E-state index in [0.29, 0.717) is 6.42 Å². The zero-order valence-electron chi connectivity index (χ0n) is 19.9. The Kier molecular flexibility index (Phi) is 20.7. The lowest BCUT2D eigenvalue weighted by Gasteiger charge is -2.31. The summed E-state index contributed by atoms with van der Waals surface area (Å²) in [5.74, 6) is 0.243. The fourth-order valence-corrected chi connectivity index (χ4v) is 4.01. The average Bonchev–Trinajstić information content (AvgIpc) is 2.69. The van der Waals surface area contributed by atoms with Gasteiger partial charge in [0.15, 0.2) is 0 Å². The predicted octanol–water partition coefficient (Wildman–Crippen LogP) is 7.44. The minimum atomic E-state index is 0.217. The highest BCUT2D eigenvalue weighted by molar-refractivity contribution is 5.76. The second-order valence-corrected chi connectivity index (χ2v) is 8.52. The van der Waals surface area contributed by atoms with Crippen LogP contribution < -0.4 is 5.32 Å². The summed E-state index contributed by atoms with van der Waals surface area (Å²) in [6.45, 7) is 11.0. The maximum Gasteiger partial charge on any atom is 0.221 e. The second kappa shape index (κ2) is 21.1. The lowest BCUT2D eigenvalue weighted by Crippen LogP contribution is -2.48. The van der Waals surface area contributed by atoms with Gasteiger partial charge in [-0.1, -0.05) is 105 Å². The Morgan fingerprint density at radius 3 is 1.46 bits per heavy atom. The van der Waals surface area contributed by atoms with Crippen LogP contribution in [0, 0.1) is 0 Å². The molecule has 0 heterocycles. The molecule has 0 rings (SSSR count). The summed E-state index contributed by atoms with van der Waals surface area (Å²) in [7, 11) is 0. The number of hydrogen-bond acceptors (Lipinski definition) is 2. The SMILES string of the molecule is CCCCCCCCCCCCCCCC(=O)NC(CC)N(CCC)CCC. The summed E-state index contributed by atoms with van der Waals surface area (Å²) in [5.41, 5.74) is 0. The number of hydrogen-bond donors (Lipinski definition) is 1. The van der Waals surface area contributed by atoms with Crippen LogP contribution >= 0.6 is 0 Å². The molecule has 0 spiro atoms. The van der Waals surface area contributed by atoms with Gasteiger partial charge in [0.05, 0.1) is 6.17 Å². The highest BCUT2D eigenvalue weighted by Gasteiger charge is 2.17. The van der Waals surface area contributed by atoms with Crippen molar-refractivity contribution in [2.75, 3.05) is 13.1 Å². The van der Waals surface area contributed by atoms with Crippen molar-refractivity contribution < 1.29 is 4.79 Å². The minimum Gasteiger partial charge on any atom is -0.341 e. The van der Waals surface area contributed by atoms with Gasteiger partial charge in [0.2, 0.25) is 5.91 Å². The maximum atomic E-state index is 12.3. The molecular formula is C25H52N2O. The number of carbonyl (C=O) groups is 1. The van der Waals surface area contributed by atoms with Crippen LogP contribution in [0.4, 0.5) is 0 Å². The topological polar surface area (TPSA) is 32.3 Å². The van der Waals surface area contributed by atoms with Crippen molar-refractivity contribution in [2.45, 2.75) is 143 Å². The molecule has 0 aliphatic heterocycles. The minimum absolute atomic E-state index is 0.217. The van der Waals surface area contributed by atoms with E-state index in [-0.39, 0.29) is 12.1 Å². The summed E-state index contributed by atoms with van der Waals surface area (Å²) >= 11 is 0. The first-order chi connectivity index (χ1) is 13.7. The Labute approximate surface area is 177 Å². The van der Waals surface area contributed by atoms with E-state index in [2.05, 4.69) is 37.9 Å². The van der Waals surface area contributed by atoms with Gasteiger partial charge in [-0.3, -0.25) is 9.69 Å². The van der Waals surface area contributed by atoms with Crippen molar-refractivity contribution in [3.8, 4) is 0 Å². The molecule has 28 heavy (non-hydrogen) atoms. The van der Waals surface area contributed by atoms with Gasteiger partial charge in [-0.2, -0.15) is 0 Å². The molecule has 0 aromatic carbocycles. The van der Waals surface area contributed by atoms with Gasteiger partial charge in [-0.25, -0.2) is 0 Å². The molecule has 3 nitrogen and oxygen atoms in total. The quantitative estimate of drug-likeness (QED) is 0.161.